The minimum Gasteiger partial charge on any atom is -0.704 e. The third-order valence-electron chi connectivity index (χ3n) is 1.90. The van der Waals surface area contributed by atoms with Crippen molar-refractivity contribution in [2.45, 2.75) is 34.6 Å². The summed E-state index contributed by atoms with van der Waals surface area (Å²) in [6.45, 7) is 13.2. The summed E-state index contributed by atoms with van der Waals surface area (Å²) in [5.74, 6) is 0. The van der Waals surface area contributed by atoms with Gasteiger partial charge in [-0.15, -0.1) is 23.8 Å². The molecule has 0 aliphatic heterocycles. The van der Waals surface area contributed by atoms with E-state index in [0.717, 1.165) is 5.69 Å². The maximum atomic E-state index is 6.10. The van der Waals surface area contributed by atoms with Gasteiger partial charge in [-0.25, -0.2) is 11.8 Å². The summed E-state index contributed by atoms with van der Waals surface area (Å²) in [6, 6.07) is 15.2. The number of nitrogens with zero attached hydrogens (tertiary/aromatic N) is 1. The van der Waals surface area contributed by atoms with Crippen LogP contribution in [0.5, 0.6) is 0 Å². The molecular weight excluding hydrogens is 511 g/mol. The van der Waals surface area contributed by atoms with Crippen molar-refractivity contribution in [1.82, 2.24) is 0 Å². The Labute approximate surface area is 218 Å². The zero-order valence-corrected chi connectivity index (χ0v) is 23.6. The first-order chi connectivity index (χ1) is 9.81. The normalized spacial score (nSPS) is 7.61. The molecule has 2 rings (SSSR count). The standard InChI is InChI=1S/C12H9N.C2H5N.2C2H6.3Y/c1-2-13-12-8-7-10-5-3-4-6-11(10)9-12;1-2-3;2*1-2;;;/h3-7,9H,1H3;3H,1-2H2;2*1-2H3;;;/q2*-2;;;;;. The quantitative estimate of drug-likeness (QED) is 0.309. The number of hydrogen-bond donors (Lipinski definition) is 0. The van der Waals surface area contributed by atoms with Crippen molar-refractivity contribution in [3.63, 3.8) is 0 Å². The van der Waals surface area contributed by atoms with E-state index in [-0.39, 0.29) is 105 Å². The Kier molecular flexibility index (Phi) is 44.2. The number of hydrogen-bond acceptors (Lipinski definition) is 1. The molecule has 3 radical (unpaired) electrons. The molecular formula is C18H26N2Y3-4. The molecule has 0 atom stereocenters. The average Bonchev–Trinajstić information content (AvgIpc) is 2.52. The molecule has 2 aromatic carbocycles. The molecule has 0 spiro atoms. The van der Waals surface area contributed by atoms with E-state index >= 15 is 0 Å². The van der Waals surface area contributed by atoms with Gasteiger partial charge in [0.2, 0.25) is 0 Å². The van der Waals surface area contributed by atoms with Crippen LogP contribution in [0.1, 0.15) is 34.6 Å². The molecule has 5 heteroatoms. The van der Waals surface area contributed by atoms with E-state index < -0.39 is 0 Å². The molecule has 23 heavy (non-hydrogen) atoms. The monoisotopic (exact) mass is 537 g/mol. The summed E-state index contributed by atoms with van der Waals surface area (Å²) in [5.41, 5.74) is 6.93. The van der Waals surface area contributed by atoms with E-state index in [1.54, 1.807) is 6.92 Å². The van der Waals surface area contributed by atoms with Crippen molar-refractivity contribution in [2.24, 2.45) is 4.99 Å². The second-order valence-corrected chi connectivity index (χ2v) is 3.03. The van der Waals surface area contributed by atoms with Gasteiger partial charge in [-0.05, 0) is 0 Å². The van der Waals surface area contributed by atoms with Gasteiger partial charge in [0, 0.05) is 98.1 Å². The second-order valence-electron chi connectivity index (χ2n) is 3.03. The fraction of sp³-hybridized carbons (Fsp3) is 0.333. The van der Waals surface area contributed by atoms with Crippen LogP contribution in [0.2, 0.25) is 0 Å². The molecule has 1 N–H and O–H groups in total. The summed E-state index contributed by atoms with van der Waals surface area (Å²) in [6.07, 6.45) is 2.74. The third-order valence-corrected chi connectivity index (χ3v) is 1.90. The average molecular weight is 537 g/mol. The van der Waals surface area contributed by atoms with Gasteiger partial charge in [-0.2, -0.15) is 12.3 Å². The van der Waals surface area contributed by atoms with Gasteiger partial charge in [0.15, 0.2) is 0 Å². The van der Waals surface area contributed by atoms with Crippen LogP contribution in [0.3, 0.4) is 0 Å². The molecule has 0 aliphatic carbocycles. The first-order valence-electron chi connectivity index (χ1n) is 7.03. The zero-order chi connectivity index (χ0) is 15.8. The summed E-state index contributed by atoms with van der Waals surface area (Å²) >= 11 is 0. The summed E-state index contributed by atoms with van der Waals surface area (Å²) in [5, 5.41) is 2.38. The van der Waals surface area contributed by atoms with E-state index in [2.05, 4.69) is 36.3 Å². The van der Waals surface area contributed by atoms with Gasteiger partial charge in [-0.1, -0.05) is 45.9 Å². The molecule has 121 valence electrons. The molecule has 0 unspecified atom stereocenters. The van der Waals surface area contributed by atoms with Crippen LogP contribution < -0.4 is 0 Å². The fourth-order valence-electron chi connectivity index (χ4n) is 1.30. The van der Waals surface area contributed by atoms with E-state index in [4.69, 9.17) is 5.73 Å². The smallest absolute Gasteiger partial charge is 0 e. The minimum atomic E-state index is 0. The van der Waals surface area contributed by atoms with Crippen molar-refractivity contribution < 1.29 is 98.1 Å². The first-order valence-corrected chi connectivity index (χ1v) is 7.03. The zero-order valence-electron chi connectivity index (χ0n) is 15.1. The summed E-state index contributed by atoms with van der Waals surface area (Å²) < 4.78 is 0. The van der Waals surface area contributed by atoms with Gasteiger partial charge in [0.1, 0.15) is 0 Å². The van der Waals surface area contributed by atoms with Crippen LogP contribution in [-0.2, 0) is 98.1 Å². The van der Waals surface area contributed by atoms with E-state index in [0.29, 0.717) is 0 Å². The molecule has 2 aromatic rings. The molecule has 0 saturated carbocycles. The van der Waals surface area contributed by atoms with Crippen molar-refractivity contribution in [1.29, 1.82) is 0 Å². The molecule has 0 heterocycles. The topological polar surface area (TPSA) is 36.2 Å². The summed E-state index contributed by atoms with van der Waals surface area (Å²) in [7, 11) is 0. The van der Waals surface area contributed by atoms with Gasteiger partial charge in [0.05, 0.1) is 0 Å². The molecule has 0 bridgehead atoms. The van der Waals surface area contributed by atoms with Gasteiger partial charge >= 0.3 is 0 Å². The van der Waals surface area contributed by atoms with E-state index in [1.165, 1.54) is 10.8 Å². The van der Waals surface area contributed by atoms with Crippen LogP contribution in [0.15, 0.2) is 41.4 Å². The first kappa shape index (κ1) is 35.7. The molecule has 2 nitrogen and oxygen atoms in total. The van der Waals surface area contributed by atoms with Gasteiger partial charge in [-0.3, -0.25) is 12.6 Å². The Hall–Kier alpha value is 1.64. The van der Waals surface area contributed by atoms with Crippen molar-refractivity contribution in [3.8, 4) is 0 Å². The molecule has 0 fully saturated rings. The molecule has 0 saturated heterocycles. The Bertz CT molecular complexity index is 475. The maximum absolute atomic E-state index is 6.10. The third kappa shape index (κ3) is 18.2. The number of fused-ring (bicyclic) bond motifs is 1. The molecule has 0 aliphatic rings. The Balaban J connectivity index is -0.0000000957. The van der Waals surface area contributed by atoms with Crippen LogP contribution in [0.4, 0.5) is 5.69 Å². The number of aliphatic imine (C=N–C) groups is 1. The van der Waals surface area contributed by atoms with Crippen LogP contribution >= 0.6 is 0 Å². The van der Waals surface area contributed by atoms with Gasteiger partial charge < -0.3 is 17.6 Å². The SMILES string of the molecule is CC.CC.C[C-]=Nc1[c-]cc2ccccc2c1.[CH2-]C[NH-].[Y].[Y].[Y]. The van der Waals surface area contributed by atoms with Crippen LogP contribution in [0.25, 0.3) is 16.5 Å². The maximum Gasteiger partial charge on any atom is 0 e. The largest absolute Gasteiger partial charge is 0.704 e. The predicted molar refractivity (Wildman–Crippen MR) is 92.8 cm³/mol. The Morgan fingerprint density at radius 1 is 1.04 bits per heavy atom. The summed E-state index contributed by atoms with van der Waals surface area (Å²) in [4.78, 5) is 4.05. The fourth-order valence-corrected chi connectivity index (χ4v) is 1.30. The van der Waals surface area contributed by atoms with E-state index in [9.17, 15) is 0 Å². The predicted octanol–water partition coefficient (Wildman–Crippen LogP) is 6.16. The van der Waals surface area contributed by atoms with Crippen molar-refractivity contribution >= 4 is 22.7 Å². The Morgan fingerprint density at radius 3 is 1.91 bits per heavy atom. The molecule has 0 aromatic heterocycles. The number of benzene rings is 2. The number of rotatable bonds is 1. The van der Waals surface area contributed by atoms with Crippen LogP contribution in [0, 0.1) is 13.0 Å². The Morgan fingerprint density at radius 2 is 1.48 bits per heavy atom. The second kappa shape index (κ2) is 28.4. The minimum absolute atomic E-state index is 0. The van der Waals surface area contributed by atoms with Crippen molar-refractivity contribution in [3.05, 3.63) is 55.1 Å². The van der Waals surface area contributed by atoms with Crippen molar-refractivity contribution in [2.75, 3.05) is 6.54 Å². The van der Waals surface area contributed by atoms with E-state index in [1.807, 2.05) is 52.0 Å². The van der Waals surface area contributed by atoms with Crippen LogP contribution in [-0.4, -0.2) is 12.8 Å². The van der Waals surface area contributed by atoms with Gasteiger partial charge in [0.25, 0.3) is 0 Å². The molecule has 0 amide bonds. The number of nitrogens with one attached hydrogen (secondary N) is 1.